The zero-order chi connectivity index (χ0) is 10.6. The van der Waals surface area contributed by atoms with Gasteiger partial charge in [-0.1, -0.05) is 13.8 Å². The first-order chi connectivity index (χ1) is 6.66. The van der Waals surface area contributed by atoms with Crippen LogP contribution in [-0.2, 0) is 0 Å². The number of carbonyl (C=O) groups is 1. The third-order valence-corrected chi connectivity index (χ3v) is 2.43. The molecule has 0 saturated carbocycles. The van der Waals surface area contributed by atoms with Crippen molar-refractivity contribution in [2.45, 2.75) is 13.8 Å². The summed E-state index contributed by atoms with van der Waals surface area (Å²) in [6.07, 6.45) is 1.78. The summed E-state index contributed by atoms with van der Waals surface area (Å²) in [5.41, 5.74) is 0.707. The van der Waals surface area contributed by atoms with Crippen molar-refractivity contribution < 1.29 is 4.79 Å². The molecule has 2 N–H and O–H groups in total. The molecule has 0 spiro atoms. The highest BCUT2D eigenvalue weighted by Crippen LogP contribution is 2.15. The van der Waals surface area contributed by atoms with Crippen LogP contribution in [0.25, 0.3) is 0 Å². The Labute approximate surface area is 84.9 Å². The second-order valence-corrected chi connectivity index (χ2v) is 3.86. The van der Waals surface area contributed by atoms with Crippen molar-refractivity contribution in [2.24, 2.45) is 11.8 Å². The molecule has 1 rings (SSSR count). The van der Waals surface area contributed by atoms with E-state index in [2.05, 4.69) is 24.1 Å². The smallest absolute Gasteiger partial charge is 0.183 e. The van der Waals surface area contributed by atoms with E-state index >= 15 is 0 Å². The first kappa shape index (κ1) is 11.0. The third-order valence-electron chi connectivity index (χ3n) is 2.43. The minimum absolute atomic E-state index is 0.0543. The Morgan fingerprint density at radius 1 is 1.57 bits per heavy atom. The predicted molar refractivity (Wildman–Crippen MR) is 57.4 cm³/mol. The molecule has 0 fully saturated rings. The van der Waals surface area contributed by atoms with Crippen LogP contribution in [0.4, 0.5) is 0 Å². The van der Waals surface area contributed by atoms with Crippen LogP contribution in [0, 0.1) is 11.8 Å². The maximum absolute atomic E-state index is 12.0. The van der Waals surface area contributed by atoms with Gasteiger partial charge in [0.05, 0.1) is 5.69 Å². The van der Waals surface area contributed by atoms with Crippen molar-refractivity contribution in [2.75, 3.05) is 13.6 Å². The molecule has 0 amide bonds. The summed E-state index contributed by atoms with van der Waals surface area (Å²) in [7, 11) is 1.87. The van der Waals surface area contributed by atoms with Crippen LogP contribution in [0.5, 0.6) is 0 Å². The molecule has 0 saturated heterocycles. The van der Waals surface area contributed by atoms with Crippen LogP contribution in [0.15, 0.2) is 18.3 Å². The maximum Gasteiger partial charge on any atom is 0.183 e. The van der Waals surface area contributed by atoms with Gasteiger partial charge in [0.1, 0.15) is 0 Å². The number of aromatic nitrogens is 1. The maximum atomic E-state index is 12.0. The number of hydrogen-bond acceptors (Lipinski definition) is 2. The van der Waals surface area contributed by atoms with E-state index in [9.17, 15) is 4.79 Å². The van der Waals surface area contributed by atoms with Crippen molar-refractivity contribution in [1.82, 2.24) is 10.3 Å². The molecule has 1 heterocycles. The summed E-state index contributed by atoms with van der Waals surface area (Å²) in [5, 5.41) is 3.06. The van der Waals surface area contributed by atoms with E-state index in [0.717, 1.165) is 6.54 Å². The number of carbonyl (C=O) groups excluding carboxylic acids is 1. The first-order valence-corrected chi connectivity index (χ1v) is 4.99. The molecule has 3 nitrogen and oxygen atoms in total. The molecule has 0 aliphatic heterocycles. The molecule has 0 aliphatic carbocycles. The van der Waals surface area contributed by atoms with Gasteiger partial charge in [0.25, 0.3) is 0 Å². The number of Topliss-reactive ketones (excluding diaryl/α,β-unsaturated/α-hetero) is 1. The van der Waals surface area contributed by atoms with E-state index in [1.807, 2.05) is 19.2 Å². The Balaban J connectivity index is 2.74. The van der Waals surface area contributed by atoms with Crippen molar-refractivity contribution >= 4 is 5.78 Å². The summed E-state index contributed by atoms with van der Waals surface area (Å²) in [5.74, 6) is 0.608. The van der Waals surface area contributed by atoms with Gasteiger partial charge in [0, 0.05) is 18.7 Å². The minimum atomic E-state index is 0.0543. The molecule has 1 unspecified atom stereocenters. The van der Waals surface area contributed by atoms with Gasteiger partial charge in [-0.25, -0.2) is 0 Å². The van der Waals surface area contributed by atoms with E-state index in [0.29, 0.717) is 11.6 Å². The van der Waals surface area contributed by atoms with E-state index in [1.165, 1.54) is 0 Å². The zero-order valence-electron chi connectivity index (χ0n) is 9.00. The fraction of sp³-hybridized carbons (Fsp3) is 0.545. The number of aromatic amines is 1. The van der Waals surface area contributed by atoms with E-state index < -0.39 is 0 Å². The molecule has 0 radical (unpaired) electrons. The molecular weight excluding hydrogens is 176 g/mol. The zero-order valence-corrected chi connectivity index (χ0v) is 9.00. The Bertz CT molecular complexity index is 277. The summed E-state index contributed by atoms with van der Waals surface area (Å²) in [6, 6.07) is 3.68. The molecule has 3 heteroatoms. The second-order valence-electron chi connectivity index (χ2n) is 3.86. The second kappa shape index (κ2) is 4.96. The van der Waals surface area contributed by atoms with Crippen LogP contribution >= 0.6 is 0 Å². The van der Waals surface area contributed by atoms with E-state index in [4.69, 9.17) is 0 Å². The van der Waals surface area contributed by atoms with Gasteiger partial charge < -0.3 is 10.3 Å². The molecule has 0 aromatic carbocycles. The van der Waals surface area contributed by atoms with Gasteiger partial charge in [0.15, 0.2) is 5.78 Å². The number of ketones is 1. The summed E-state index contributed by atoms with van der Waals surface area (Å²) in [6.45, 7) is 4.88. The standard InChI is InChI=1S/C11H18N2O/c1-8(2)9(7-12-3)11(14)10-5-4-6-13-10/h4-6,8-9,12-13H,7H2,1-3H3. The molecule has 14 heavy (non-hydrogen) atoms. The SMILES string of the molecule is CNCC(C(=O)c1ccc[nH]1)C(C)C. The average Bonchev–Trinajstić information content (AvgIpc) is 2.65. The lowest BCUT2D eigenvalue weighted by Crippen LogP contribution is -2.30. The highest BCUT2D eigenvalue weighted by atomic mass is 16.1. The van der Waals surface area contributed by atoms with Crippen LogP contribution in [0.2, 0.25) is 0 Å². The number of hydrogen-bond donors (Lipinski definition) is 2. The topological polar surface area (TPSA) is 44.9 Å². The Kier molecular flexibility index (Phi) is 3.89. The molecule has 1 aromatic rings. The van der Waals surface area contributed by atoms with Gasteiger partial charge >= 0.3 is 0 Å². The van der Waals surface area contributed by atoms with Crippen LogP contribution in [0.3, 0.4) is 0 Å². The monoisotopic (exact) mass is 194 g/mol. The Hall–Kier alpha value is -1.09. The molecule has 1 atom stereocenters. The van der Waals surface area contributed by atoms with Crippen molar-refractivity contribution in [1.29, 1.82) is 0 Å². The predicted octanol–water partition coefficient (Wildman–Crippen LogP) is 1.69. The van der Waals surface area contributed by atoms with Gasteiger partial charge in [0.2, 0.25) is 0 Å². The lowest BCUT2D eigenvalue weighted by molar-refractivity contribution is 0.0881. The van der Waals surface area contributed by atoms with E-state index in [-0.39, 0.29) is 11.7 Å². The summed E-state index contributed by atoms with van der Waals surface area (Å²) in [4.78, 5) is 14.9. The molecular formula is C11H18N2O. The highest BCUT2D eigenvalue weighted by molar-refractivity contribution is 5.96. The minimum Gasteiger partial charge on any atom is -0.359 e. The van der Waals surface area contributed by atoms with Crippen LogP contribution in [-0.4, -0.2) is 24.4 Å². The molecule has 0 aliphatic rings. The van der Waals surface area contributed by atoms with Gasteiger partial charge in [-0.05, 0) is 25.1 Å². The molecule has 78 valence electrons. The van der Waals surface area contributed by atoms with Crippen LogP contribution in [0.1, 0.15) is 24.3 Å². The van der Waals surface area contributed by atoms with Crippen molar-refractivity contribution in [3.05, 3.63) is 24.0 Å². The Morgan fingerprint density at radius 2 is 2.29 bits per heavy atom. The van der Waals surface area contributed by atoms with Crippen molar-refractivity contribution in [3.63, 3.8) is 0 Å². The lowest BCUT2D eigenvalue weighted by atomic mass is 9.90. The summed E-state index contributed by atoms with van der Waals surface area (Å²) < 4.78 is 0. The van der Waals surface area contributed by atoms with Gasteiger partial charge in [-0.2, -0.15) is 0 Å². The largest absolute Gasteiger partial charge is 0.359 e. The number of rotatable bonds is 5. The Morgan fingerprint density at radius 3 is 2.71 bits per heavy atom. The molecule has 1 aromatic heterocycles. The number of H-pyrrole nitrogens is 1. The van der Waals surface area contributed by atoms with Crippen molar-refractivity contribution in [3.8, 4) is 0 Å². The summed E-state index contributed by atoms with van der Waals surface area (Å²) >= 11 is 0. The van der Waals surface area contributed by atoms with E-state index in [1.54, 1.807) is 6.20 Å². The van der Waals surface area contributed by atoms with Gasteiger partial charge in [-0.15, -0.1) is 0 Å². The fourth-order valence-corrected chi connectivity index (χ4v) is 1.53. The first-order valence-electron chi connectivity index (χ1n) is 4.99. The lowest BCUT2D eigenvalue weighted by Gasteiger charge is -2.18. The highest BCUT2D eigenvalue weighted by Gasteiger charge is 2.22. The van der Waals surface area contributed by atoms with Crippen LogP contribution < -0.4 is 5.32 Å². The third kappa shape index (κ3) is 2.45. The van der Waals surface area contributed by atoms with Gasteiger partial charge in [-0.3, -0.25) is 4.79 Å². The quantitative estimate of drug-likeness (QED) is 0.701. The average molecular weight is 194 g/mol. The number of nitrogens with one attached hydrogen (secondary N) is 2. The normalized spacial score (nSPS) is 13.1. The fourth-order valence-electron chi connectivity index (χ4n) is 1.53. The molecule has 0 bridgehead atoms.